The molecule has 1 aliphatic rings. The fourth-order valence-corrected chi connectivity index (χ4v) is 3.27. The van der Waals surface area contributed by atoms with Gasteiger partial charge in [-0.1, -0.05) is 0 Å². The topological polar surface area (TPSA) is 75.7 Å². The molecule has 0 spiro atoms. The highest BCUT2D eigenvalue weighted by Crippen LogP contribution is 2.20. The zero-order valence-electron chi connectivity index (χ0n) is 12.0. The van der Waals surface area contributed by atoms with Gasteiger partial charge in [0.1, 0.15) is 5.75 Å². The molecule has 0 saturated heterocycles. The highest BCUT2D eigenvalue weighted by atomic mass is 32.2. The number of allylic oxidation sites excluding steroid dienone is 3. The molecule has 7 heteroatoms. The molecule has 0 aliphatic carbocycles. The molecule has 0 atom stereocenters. The zero-order valence-corrected chi connectivity index (χ0v) is 12.8. The summed E-state index contributed by atoms with van der Waals surface area (Å²) >= 11 is 0. The van der Waals surface area contributed by atoms with Gasteiger partial charge in [-0.05, 0) is 49.8 Å². The fourth-order valence-electron chi connectivity index (χ4n) is 1.96. The van der Waals surface area contributed by atoms with Crippen molar-refractivity contribution in [3.8, 4) is 5.75 Å². The predicted molar refractivity (Wildman–Crippen MR) is 78.7 cm³/mol. The van der Waals surface area contributed by atoms with Crippen molar-refractivity contribution in [3.05, 3.63) is 52.6 Å². The number of sulfonamides is 1. The molecule has 0 fully saturated rings. The number of carbonyl (C=O) groups excluding carboxylic acids is 1. The Morgan fingerprint density at radius 2 is 1.81 bits per heavy atom. The fraction of sp³-hybridized carbons (Fsp3) is 0.214. The van der Waals surface area contributed by atoms with E-state index < -0.39 is 15.9 Å². The number of methoxy groups -OCH3 is 1. The van der Waals surface area contributed by atoms with E-state index in [0.29, 0.717) is 22.6 Å². The van der Waals surface area contributed by atoms with Crippen LogP contribution in [-0.2, 0) is 10.0 Å². The number of benzene rings is 1. The van der Waals surface area contributed by atoms with Gasteiger partial charge in [-0.25, -0.2) is 5.43 Å². The van der Waals surface area contributed by atoms with Crippen LogP contribution in [0.2, 0.25) is 0 Å². The van der Waals surface area contributed by atoms with E-state index in [2.05, 4.69) is 5.43 Å². The number of hydrazine groups is 1. The Balaban J connectivity index is 2.21. The van der Waals surface area contributed by atoms with Crippen LogP contribution >= 0.6 is 0 Å². The Hall–Kier alpha value is -2.28. The summed E-state index contributed by atoms with van der Waals surface area (Å²) in [6, 6.07) is 6.38. The minimum absolute atomic E-state index is 0.338. The van der Waals surface area contributed by atoms with Crippen LogP contribution in [0.5, 0.6) is 5.75 Å². The number of amides is 1. The van der Waals surface area contributed by atoms with Crippen molar-refractivity contribution in [2.45, 2.75) is 13.8 Å². The lowest BCUT2D eigenvalue weighted by Gasteiger charge is -2.26. The van der Waals surface area contributed by atoms with Crippen LogP contribution < -0.4 is 10.2 Å². The summed E-state index contributed by atoms with van der Waals surface area (Å²) < 4.78 is 30.0. The molecule has 2 rings (SSSR count). The van der Waals surface area contributed by atoms with E-state index in [1.807, 2.05) is 0 Å². The maximum Gasteiger partial charge on any atom is 0.274 e. The Morgan fingerprint density at radius 1 is 1.19 bits per heavy atom. The van der Waals surface area contributed by atoms with Crippen molar-refractivity contribution < 1.29 is 17.9 Å². The highest BCUT2D eigenvalue weighted by molar-refractivity contribution is 7.92. The standard InChI is InChI=1S/C14H16N2O4S/c1-10-8-11(2)16(21(18,19)9-10)15-14(17)12-4-6-13(20-3)7-5-12/h4-9H,1-3H3,(H,15,17). The molecule has 1 amide bonds. The monoisotopic (exact) mass is 308 g/mol. The molecule has 1 N–H and O–H groups in total. The molecule has 0 bridgehead atoms. The minimum Gasteiger partial charge on any atom is -0.497 e. The third kappa shape index (κ3) is 3.25. The summed E-state index contributed by atoms with van der Waals surface area (Å²) in [5, 5.41) is 1.11. The Labute approximate surface area is 123 Å². The van der Waals surface area contributed by atoms with Crippen molar-refractivity contribution in [1.82, 2.24) is 9.84 Å². The third-order valence-corrected chi connectivity index (χ3v) is 4.46. The first-order chi connectivity index (χ1) is 9.83. The summed E-state index contributed by atoms with van der Waals surface area (Å²) in [5.41, 5.74) is 3.77. The molecule has 21 heavy (non-hydrogen) atoms. The molecular formula is C14H16N2O4S. The van der Waals surface area contributed by atoms with E-state index in [1.165, 1.54) is 7.11 Å². The van der Waals surface area contributed by atoms with Crippen LogP contribution in [0.1, 0.15) is 24.2 Å². The molecule has 1 heterocycles. The van der Waals surface area contributed by atoms with E-state index in [4.69, 9.17) is 4.74 Å². The molecule has 112 valence electrons. The first-order valence-corrected chi connectivity index (χ1v) is 7.71. The van der Waals surface area contributed by atoms with E-state index >= 15 is 0 Å². The van der Waals surface area contributed by atoms with Crippen LogP contribution in [0.3, 0.4) is 0 Å². The van der Waals surface area contributed by atoms with Gasteiger partial charge >= 0.3 is 0 Å². The molecule has 0 saturated carbocycles. The van der Waals surface area contributed by atoms with Crippen molar-refractivity contribution in [3.63, 3.8) is 0 Å². The molecule has 1 aromatic carbocycles. The Morgan fingerprint density at radius 3 is 2.33 bits per heavy atom. The minimum atomic E-state index is -3.69. The quantitative estimate of drug-likeness (QED) is 0.923. The van der Waals surface area contributed by atoms with Crippen LogP contribution in [0.25, 0.3) is 0 Å². The predicted octanol–water partition coefficient (Wildman–Crippen LogP) is 1.79. The van der Waals surface area contributed by atoms with Crippen LogP contribution in [0.15, 0.2) is 47.0 Å². The zero-order chi connectivity index (χ0) is 15.6. The summed E-state index contributed by atoms with van der Waals surface area (Å²) in [4.78, 5) is 12.1. The molecule has 6 nitrogen and oxygen atoms in total. The molecular weight excluding hydrogens is 292 g/mol. The van der Waals surface area contributed by atoms with Gasteiger partial charge in [0.25, 0.3) is 15.9 Å². The lowest BCUT2D eigenvalue weighted by Crippen LogP contribution is -2.45. The van der Waals surface area contributed by atoms with Gasteiger partial charge in [0.15, 0.2) is 0 Å². The van der Waals surface area contributed by atoms with Crippen LogP contribution in [-0.4, -0.2) is 25.8 Å². The van der Waals surface area contributed by atoms with Crippen LogP contribution in [0, 0.1) is 0 Å². The van der Waals surface area contributed by atoms with E-state index in [-0.39, 0.29) is 0 Å². The van der Waals surface area contributed by atoms with Gasteiger partial charge in [-0.2, -0.15) is 12.8 Å². The molecule has 1 aliphatic heterocycles. The number of hydrogen-bond acceptors (Lipinski definition) is 4. The molecule has 1 aromatic rings. The second-order valence-electron chi connectivity index (χ2n) is 4.63. The lowest BCUT2D eigenvalue weighted by molar-refractivity contribution is 0.0897. The maximum absolute atomic E-state index is 12.1. The molecule has 0 unspecified atom stereocenters. The number of carbonyl (C=O) groups is 1. The first-order valence-electron chi connectivity index (χ1n) is 6.20. The second kappa shape index (κ2) is 5.61. The summed E-state index contributed by atoms with van der Waals surface area (Å²) in [6.07, 6.45) is 1.68. The number of hydrogen-bond donors (Lipinski definition) is 1. The molecule has 0 aromatic heterocycles. The van der Waals surface area contributed by atoms with Crippen molar-refractivity contribution in [1.29, 1.82) is 0 Å². The lowest BCUT2D eigenvalue weighted by atomic mass is 10.2. The smallest absolute Gasteiger partial charge is 0.274 e. The van der Waals surface area contributed by atoms with Gasteiger partial charge in [0, 0.05) is 11.3 Å². The highest BCUT2D eigenvalue weighted by Gasteiger charge is 2.26. The summed E-state index contributed by atoms with van der Waals surface area (Å²) in [6.45, 7) is 3.30. The SMILES string of the molecule is COc1ccc(C(=O)NN2C(C)=CC(C)=CS2(=O)=O)cc1. The van der Waals surface area contributed by atoms with Gasteiger partial charge in [-0.3, -0.25) is 4.79 Å². The van der Waals surface area contributed by atoms with E-state index in [9.17, 15) is 13.2 Å². The maximum atomic E-state index is 12.1. The third-order valence-electron chi connectivity index (χ3n) is 2.90. The first kappa shape index (κ1) is 15.1. The number of ether oxygens (including phenoxy) is 1. The Kier molecular flexibility index (Phi) is 4.04. The van der Waals surface area contributed by atoms with Crippen molar-refractivity contribution in [2.75, 3.05) is 7.11 Å². The Bertz CT molecular complexity index is 718. The van der Waals surface area contributed by atoms with Gasteiger partial charge in [0.05, 0.1) is 12.5 Å². The van der Waals surface area contributed by atoms with E-state index in [1.54, 1.807) is 44.2 Å². The molecule has 0 radical (unpaired) electrons. The summed E-state index contributed by atoms with van der Waals surface area (Å²) in [7, 11) is -2.17. The number of nitrogens with one attached hydrogen (secondary N) is 1. The van der Waals surface area contributed by atoms with Crippen molar-refractivity contribution in [2.24, 2.45) is 0 Å². The number of rotatable bonds is 3. The van der Waals surface area contributed by atoms with E-state index in [0.717, 1.165) is 9.82 Å². The van der Waals surface area contributed by atoms with Gasteiger partial charge in [-0.15, -0.1) is 0 Å². The average molecular weight is 308 g/mol. The summed E-state index contributed by atoms with van der Waals surface area (Å²) in [5.74, 6) is 0.105. The van der Waals surface area contributed by atoms with Gasteiger partial charge in [0.2, 0.25) is 0 Å². The largest absolute Gasteiger partial charge is 0.497 e. The number of nitrogens with zero attached hydrogens (tertiary/aromatic N) is 1. The normalized spacial score (nSPS) is 16.8. The van der Waals surface area contributed by atoms with Gasteiger partial charge < -0.3 is 4.74 Å². The second-order valence-corrected chi connectivity index (χ2v) is 6.26. The average Bonchev–Trinajstić information content (AvgIpc) is 2.42. The van der Waals surface area contributed by atoms with Crippen LogP contribution in [0.4, 0.5) is 0 Å². The van der Waals surface area contributed by atoms with Crippen molar-refractivity contribution >= 4 is 15.9 Å².